The van der Waals surface area contributed by atoms with Crippen LogP contribution in [0.4, 0.5) is 10.1 Å². The Labute approximate surface area is 215 Å². The van der Waals surface area contributed by atoms with Crippen LogP contribution in [-0.2, 0) is 16.0 Å². The molecule has 1 atom stereocenters. The van der Waals surface area contributed by atoms with Crippen molar-refractivity contribution in [3.8, 4) is 5.75 Å². The van der Waals surface area contributed by atoms with E-state index in [9.17, 15) is 14.0 Å². The summed E-state index contributed by atoms with van der Waals surface area (Å²) in [6.45, 7) is 0. The largest absolute Gasteiger partial charge is 0.497 e. The Morgan fingerprint density at radius 2 is 1.81 bits per heavy atom. The van der Waals surface area contributed by atoms with Gasteiger partial charge in [0, 0.05) is 34.9 Å². The molecule has 0 saturated heterocycles. The summed E-state index contributed by atoms with van der Waals surface area (Å²) in [5.74, 6) is -0.379. The zero-order valence-electron chi connectivity index (χ0n) is 20.7. The highest BCUT2D eigenvalue weighted by Crippen LogP contribution is 2.32. The molecule has 1 aromatic heterocycles. The molecular formula is C30H30FN3O3. The van der Waals surface area contributed by atoms with E-state index in [-0.39, 0.29) is 24.3 Å². The zero-order chi connectivity index (χ0) is 25.8. The van der Waals surface area contributed by atoms with E-state index in [4.69, 9.17) is 4.74 Å². The van der Waals surface area contributed by atoms with E-state index in [1.54, 1.807) is 43.5 Å². The van der Waals surface area contributed by atoms with Crippen molar-refractivity contribution in [1.29, 1.82) is 0 Å². The minimum absolute atomic E-state index is 0.0614. The van der Waals surface area contributed by atoms with E-state index >= 15 is 0 Å². The number of nitrogens with one attached hydrogen (secondary N) is 2. The molecule has 4 aromatic rings. The summed E-state index contributed by atoms with van der Waals surface area (Å²) in [5.41, 5.74) is 2.84. The summed E-state index contributed by atoms with van der Waals surface area (Å²) < 4.78 is 19.3. The summed E-state index contributed by atoms with van der Waals surface area (Å²) >= 11 is 0. The second-order valence-corrected chi connectivity index (χ2v) is 9.45. The van der Waals surface area contributed by atoms with Crippen molar-refractivity contribution in [2.45, 2.75) is 44.2 Å². The predicted octanol–water partition coefficient (Wildman–Crippen LogP) is 5.69. The highest BCUT2D eigenvalue weighted by atomic mass is 19.1. The number of anilines is 1. The van der Waals surface area contributed by atoms with E-state index in [1.807, 2.05) is 30.5 Å². The number of nitrogens with zero attached hydrogens (tertiary/aromatic N) is 1. The second-order valence-electron chi connectivity index (χ2n) is 9.45. The van der Waals surface area contributed by atoms with Gasteiger partial charge in [0.15, 0.2) is 0 Å². The minimum atomic E-state index is -0.981. The number of fused-ring (bicyclic) bond motifs is 1. The van der Waals surface area contributed by atoms with Crippen molar-refractivity contribution in [2.24, 2.45) is 0 Å². The maximum absolute atomic E-state index is 14.1. The molecule has 6 nitrogen and oxygen atoms in total. The van der Waals surface area contributed by atoms with Crippen LogP contribution in [-0.4, -0.2) is 29.9 Å². The Morgan fingerprint density at radius 1 is 1.05 bits per heavy atom. The number of carbonyl (C=O) groups excluding carboxylic acids is 2. The first kappa shape index (κ1) is 24.6. The number of aromatic amines is 1. The van der Waals surface area contributed by atoms with E-state index < -0.39 is 11.9 Å². The summed E-state index contributed by atoms with van der Waals surface area (Å²) in [6.07, 6.45) is 5.85. The maximum atomic E-state index is 14.1. The van der Waals surface area contributed by atoms with Gasteiger partial charge in [-0.15, -0.1) is 0 Å². The van der Waals surface area contributed by atoms with Gasteiger partial charge in [-0.2, -0.15) is 0 Å². The Kier molecular flexibility index (Phi) is 7.21. The van der Waals surface area contributed by atoms with Crippen molar-refractivity contribution >= 4 is 28.4 Å². The molecule has 0 spiro atoms. The predicted molar refractivity (Wildman–Crippen MR) is 142 cm³/mol. The molecule has 5 rings (SSSR count). The molecule has 1 saturated carbocycles. The number of hydrogen-bond donors (Lipinski definition) is 2. The third-order valence-corrected chi connectivity index (χ3v) is 7.01. The van der Waals surface area contributed by atoms with Gasteiger partial charge in [0.1, 0.15) is 17.6 Å². The highest BCUT2D eigenvalue weighted by molar-refractivity contribution is 6.03. The van der Waals surface area contributed by atoms with Crippen molar-refractivity contribution in [1.82, 2.24) is 10.3 Å². The third-order valence-electron chi connectivity index (χ3n) is 7.01. The van der Waals surface area contributed by atoms with Crippen LogP contribution in [0.1, 0.15) is 42.9 Å². The zero-order valence-corrected chi connectivity index (χ0v) is 20.7. The van der Waals surface area contributed by atoms with Crippen LogP contribution >= 0.6 is 0 Å². The SMILES string of the molecule is COc1cccc(N(C(=O)Cc2c[nH]c3ccccc23)[C@@H](C(=O)NC2CCCC2)c2ccc(F)cc2)c1. The fourth-order valence-corrected chi connectivity index (χ4v) is 5.14. The van der Waals surface area contributed by atoms with E-state index in [0.29, 0.717) is 17.0 Å². The number of carbonyl (C=O) groups is 2. The lowest BCUT2D eigenvalue weighted by molar-refractivity contribution is -0.127. The molecule has 1 heterocycles. The van der Waals surface area contributed by atoms with Crippen LogP contribution in [0.3, 0.4) is 0 Å². The minimum Gasteiger partial charge on any atom is -0.497 e. The van der Waals surface area contributed by atoms with Gasteiger partial charge in [-0.3, -0.25) is 14.5 Å². The fourth-order valence-electron chi connectivity index (χ4n) is 5.14. The van der Waals surface area contributed by atoms with Crippen LogP contribution in [0.2, 0.25) is 0 Å². The smallest absolute Gasteiger partial charge is 0.248 e. The van der Waals surface area contributed by atoms with E-state index in [1.165, 1.54) is 17.0 Å². The molecule has 3 aromatic carbocycles. The third kappa shape index (κ3) is 5.35. The van der Waals surface area contributed by atoms with Crippen LogP contribution in [0.15, 0.2) is 79.0 Å². The average molecular weight is 500 g/mol. The maximum Gasteiger partial charge on any atom is 0.248 e. The number of aromatic nitrogens is 1. The molecule has 0 aliphatic heterocycles. The van der Waals surface area contributed by atoms with Gasteiger partial charge in [0.2, 0.25) is 11.8 Å². The summed E-state index contributed by atoms with van der Waals surface area (Å²) in [7, 11) is 1.56. The fraction of sp³-hybridized carbons (Fsp3) is 0.267. The number of methoxy groups -OCH3 is 1. The molecule has 1 fully saturated rings. The van der Waals surface area contributed by atoms with Crippen LogP contribution < -0.4 is 15.0 Å². The number of para-hydroxylation sites is 1. The number of halogens is 1. The molecule has 2 amide bonds. The summed E-state index contributed by atoms with van der Waals surface area (Å²) in [6, 6.07) is 19.8. The number of amides is 2. The first-order valence-corrected chi connectivity index (χ1v) is 12.6. The Balaban J connectivity index is 1.58. The molecule has 1 aliphatic carbocycles. The molecule has 0 bridgehead atoms. The normalized spacial score (nSPS) is 14.4. The molecule has 0 unspecified atom stereocenters. The highest BCUT2D eigenvalue weighted by Gasteiger charge is 2.34. The molecule has 1 aliphatic rings. The van der Waals surface area contributed by atoms with Crippen molar-refractivity contribution in [3.05, 3.63) is 95.9 Å². The first-order valence-electron chi connectivity index (χ1n) is 12.6. The van der Waals surface area contributed by atoms with Crippen LogP contribution in [0.5, 0.6) is 5.75 Å². The molecule has 7 heteroatoms. The second kappa shape index (κ2) is 10.9. The molecular weight excluding hydrogens is 469 g/mol. The van der Waals surface area contributed by atoms with Crippen molar-refractivity contribution in [3.63, 3.8) is 0 Å². The van der Waals surface area contributed by atoms with Gasteiger partial charge in [0.05, 0.1) is 13.5 Å². The molecule has 37 heavy (non-hydrogen) atoms. The lowest BCUT2D eigenvalue weighted by Crippen LogP contribution is -2.46. The van der Waals surface area contributed by atoms with E-state index in [0.717, 1.165) is 42.1 Å². The Morgan fingerprint density at radius 3 is 2.57 bits per heavy atom. The number of benzene rings is 3. The topological polar surface area (TPSA) is 74.4 Å². The molecule has 0 radical (unpaired) electrons. The Bertz CT molecular complexity index is 1390. The lowest BCUT2D eigenvalue weighted by atomic mass is 10.0. The van der Waals surface area contributed by atoms with Crippen molar-refractivity contribution in [2.75, 3.05) is 12.0 Å². The number of rotatable bonds is 8. The lowest BCUT2D eigenvalue weighted by Gasteiger charge is -2.32. The van der Waals surface area contributed by atoms with Crippen LogP contribution in [0.25, 0.3) is 10.9 Å². The first-order chi connectivity index (χ1) is 18.0. The summed E-state index contributed by atoms with van der Waals surface area (Å²) in [4.78, 5) is 32.7. The Hall–Kier alpha value is -4.13. The standard InChI is InChI=1S/C30H30FN3O3/c1-37-25-10-6-9-24(18-25)34(28(35)17-21-19-32-27-12-5-4-11-26(21)27)29(20-13-15-22(31)16-14-20)30(36)33-23-7-2-3-8-23/h4-6,9-16,18-19,23,29,32H,2-3,7-8,17H2,1H3,(H,33,36)/t29-/m1/s1. The molecule has 190 valence electrons. The average Bonchev–Trinajstić information content (AvgIpc) is 3.58. The van der Waals surface area contributed by atoms with Crippen LogP contribution in [0, 0.1) is 5.82 Å². The van der Waals surface area contributed by atoms with Gasteiger partial charge in [-0.05, 0) is 54.3 Å². The number of ether oxygens (including phenoxy) is 1. The van der Waals surface area contributed by atoms with Gasteiger partial charge in [-0.1, -0.05) is 49.2 Å². The van der Waals surface area contributed by atoms with Gasteiger partial charge < -0.3 is 15.0 Å². The van der Waals surface area contributed by atoms with Crippen molar-refractivity contribution < 1.29 is 18.7 Å². The monoisotopic (exact) mass is 499 g/mol. The van der Waals surface area contributed by atoms with Gasteiger partial charge >= 0.3 is 0 Å². The number of H-pyrrole nitrogens is 1. The quantitative estimate of drug-likeness (QED) is 0.327. The van der Waals surface area contributed by atoms with E-state index in [2.05, 4.69) is 10.3 Å². The molecule has 2 N–H and O–H groups in total. The summed E-state index contributed by atoms with van der Waals surface area (Å²) in [5, 5.41) is 4.10. The van der Waals surface area contributed by atoms with Gasteiger partial charge in [-0.25, -0.2) is 4.39 Å². The van der Waals surface area contributed by atoms with Gasteiger partial charge in [0.25, 0.3) is 0 Å². The number of hydrogen-bond acceptors (Lipinski definition) is 3.